The maximum absolute atomic E-state index is 13.0. The summed E-state index contributed by atoms with van der Waals surface area (Å²) in [6.45, 7) is 0.633. The van der Waals surface area contributed by atoms with Crippen LogP contribution in [0.5, 0.6) is 11.5 Å². The second-order valence-electron chi connectivity index (χ2n) is 8.82. The number of alkyl halides is 1. The number of rotatable bonds is 7. The molecule has 0 atom stereocenters. The van der Waals surface area contributed by atoms with Crippen LogP contribution >= 0.6 is 0 Å². The van der Waals surface area contributed by atoms with Crippen LogP contribution in [-0.2, 0) is 4.79 Å². The van der Waals surface area contributed by atoms with E-state index in [0.29, 0.717) is 36.4 Å². The van der Waals surface area contributed by atoms with Crippen molar-refractivity contribution in [3.63, 3.8) is 0 Å². The number of aromatic amines is 1. The number of benzene rings is 2. The molecule has 2 fully saturated rings. The lowest BCUT2D eigenvalue weighted by molar-refractivity contribution is -0.117. The Morgan fingerprint density at radius 3 is 2.49 bits per heavy atom. The van der Waals surface area contributed by atoms with E-state index in [-0.39, 0.29) is 11.8 Å². The summed E-state index contributed by atoms with van der Waals surface area (Å²) in [6.07, 6.45) is 2.82. The number of methoxy groups -OCH3 is 2. The maximum Gasteiger partial charge on any atom is 0.227 e. The van der Waals surface area contributed by atoms with Gasteiger partial charge in [0.1, 0.15) is 11.9 Å². The van der Waals surface area contributed by atoms with E-state index in [9.17, 15) is 9.18 Å². The van der Waals surface area contributed by atoms with Gasteiger partial charge in [0.25, 0.3) is 0 Å². The van der Waals surface area contributed by atoms with E-state index in [0.717, 1.165) is 35.2 Å². The first kappa shape index (κ1) is 24.3. The van der Waals surface area contributed by atoms with Crippen molar-refractivity contribution >= 4 is 40.1 Å². The van der Waals surface area contributed by atoms with Gasteiger partial charge in [0.15, 0.2) is 17.4 Å². The average molecular weight is 506 g/mol. The number of carbonyl (C=O) groups excluding carboxylic acids is 1. The molecule has 0 unspecified atom stereocenters. The van der Waals surface area contributed by atoms with Gasteiger partial charge in [-0.2, -0.15) is 10.1 Å². The van der Waals surface area contributed by atoms with E-state index < -0.39 is 6.17 Å². The van der Waals surface area contributed by atoms with Crippen molar-refractivity contribution in [2.45, 2.75) is 19.0 Å². The number of amides is 1. The van der Waals surface area contributed by atoms with E-state index in [1.165, 1.54) is 0 Å². The van der Waals surface area contributed by atoms with Gasteiger partial charge in [0.05, 0.1) is 39.0 Å². The molecule has 1 aliphatic heterocycles. The molecule has 3 heterocycles. The number of halogens is 1. The van der Waals surface area contributed by atoms with Crippen molar-refractivity contribution in [3.8, 4) is 11.5 Å². The number of para-hydroxylation sites is 1. The number of H-pyrrole nitrogens is 1. The summed E-state index contributed by atoms with van der Waals surface area (Å²) in [5.74, 6) is 3.30. The monoisotopic (exact) mass is 505 g/mol. The van der Waals surface area contributed by atoms with Gasteiger partial charge in [-0.05, 0) is 49.2 Å². The molecule has 0 radical (unpaired) electrons. The lowest BCUT2D eigenvalue weighted by Gasteiger charge is -2.34. The predicted octanol–water partition coefficient (Wildman–Crippen LogP) is 4.31. The summed E-state index contributed by atoms with van der Waals surface area (Å²) in [7, 11) is 3.17. The molecule has 192 valence electrons. The minimum Gasteiger partial charge on any atom is -0.497 e. The molecular formula is C26H28FN7O3. The second kappa shape index (κ2) is 10.7. The van der Waals surface area contributed by atoms with Crippen molar-refractivity contribution in [2.75, 3.05) is 42.8 Å². The van der Waals surface area contributed by atoms with Gasteiger partial charge in [-0.15, -0.1) is 0 Å². The van der Waals surface area contributed by atoms with E-state index >= 15 is 0 Å². The molecule has 1 amide bonds. The van der Waals surface area contributed by atoms with Gasteiger partial charge in [0, 0.05) is 17.0 Å². The highest BCUT2D eigenvalue weighted by atomic mass is 19.1. The Balaban J connectivity index is 0.000000171. The van der Waals surface area contributed by atoms with E-state index in [2.05, 4.69) is 30.8 Å². The fourth-order valence-electron chi connectivity index (χ4n) is 3.78. The summed E-state index contributed by atoms with van der Waals surface area (Å²) in [5, 5.41) is 14.2. The van der Waals surface area contributed by atoms with Crippen molar-refractivity contribution in [2.24, 2.45) is 5.92 Å². The highest BCUT2D eigenvalue weighted by molar-refractivity contribution is 5.94. The Labute approximate surface area is 213 Å². The van der Waals surface area contributed by atoms with Crippen LogP contribution in [0.2, 0.25) is 0 Å². The summed E-state index contributed by atoms with van der Waals surface area (Å²) in [6, 6.07) is 15.1. The first-order valence-corrected chi connectivity index (χ1v) is 12.0. The molecule has 0 spiro atoms. The van der Waals surface area contributed by atoms with E-state index in [1.54, 1.807) is 25.3 Å². The van der Waals surface area contributed by atoms with Crippen LogP contribution < -0.4 is 25.0 Å². The molecule has 3 N–H and O–H groups in total. The molecular weight excluding hydrogens is 477 g/mol. The molecule has 11 heteroatoms. The van der Waals surface area contributed by atoms with Crippen LogP contribution in [0.25, 0.3) is 10.9 Å². The van der Waals surface area contributed by atoms with Gasteiger partial charge in [-0.25, -0.2) is 9.37 Å². The number of anilines is 4. The summed E-state index contributed by atoms with van der Waals surface area (Å²) >= 11 is 0. The molecule has 10 nitrogen and oxygen atoms in total. The van der Waals surface area contributed by atoms with Crippen LogP contribution in [0, 0.1) is 5.92 Å². The number of nitrogens with one attached hydrogen (secondary N) is 3. The summed E-state index contributed by atoms with van der Waals surface area (Å²) in [5.41, 5.74) is 1.76. The first-order chi connectivity index (χ1) is 18.0. The molecule has 1 saturated heterocycles. The zero-order valence-electron chi connectivity index (χ0n) is 20.6. The molecule has 0 bridgehead atoms. The van der Waals surface area contributed by atoms with Gasteiger partial charge in [-0.3, -0.25) is 9.89 Å². The minimum absolute atomic E-state index is 0.134. The van der Waals surface area contributed by atoms with E-state index in [1.807, 2.05) is 48.5 Å². The average Bonchev–Trinajstić information content (AvgIpc) is 3.69. The van der Waals surface area contributed by atoms with Gasteiger partial charge in [-0.1, -0.05) is 12.1 Å². The molecule has 1 aliphatic carbocycles. The smallest absolute Gasteiger partial charge is 0.227 e. The van der Waals surface area contributed by atoms with E-state index in [4.69, 9.17) is 9.47 Å². The minimum atomic E-state index is -0.813. The van der Waals surface area contributed by atoms with Crippen molar-refractivity contribution < 1.29 is 18.7 Å². The fraction of sp³-hybridized carbons (Fsp3) is 0.308. The Morgan fingerprint density at radius 1 is 1.05 bits per heavy atom. The Hall–Kier alpha value is -4.41. The van der Waals surface area contributed by atoms with Crippen LogP contribution in [0.4, 0.5) is 27.7 Å². The maximum atomic E-state index is 13.0. The zero-order chi connectivity index (χ0) is 25.8. The largest absolute Gasteiger partial charge is 0.497 e. The Morgan fingerprint density at radius 2 is 1.81 bits per heavy atom. The van der Waals surface area contributed by atoms with Crippen LogP contribution in [-0.4, -0.2) is 59.6 Å². The standard InChI is InChI=1S/C15H15FN6O.C11H13NO2/c1-23-12-6-17-15(22-7-9(16)8-22)19-14(12)18-13-10-4-2-3-5-11(10)20-21-13;1-14-10-6-4-9(5-7-10)12-11(13)8-2-3-8/h2-6,9H,7-8H2,1H3,(H2,17,18,19,20,21);4-8H,2-3H2,1H3,(H,12,13). The van der Waals surface area contributed by atoms with Crippen LogP contribution in [0.1, 0.15) is 12.8 Å². The van der Waals surface area contributed by atoms with Gasteiger partial charge >= 0.3 is 0 Å². The third-order valence-electron chi connectivity index (χ3n) is 6.10. The lowest BCUT2D eigenvalue weighted by atomic mass is 10.2. The summed E-state index contributed by atoms with van der Waals surface area (Å²) < 4.78 is 23.3. The first-order valence-electron chi connectivity index (χ1n) is 12.0. The Kier molecular flexibility index (Phi) is 7.02. The third-order valence-corrected chi connectivity index (χ3v) is 6.10. The molecule has 2 aliphatic rings. The quantitative estimate of drug-likeness (QED) is 0.340. The number of nitrogens with zero attached hydrogens (tertiary/aromatic N) is 4. The molecule has 1 saturated carbocycles. The third kappa shape index (κ3) is 5.71. The lowest BCUT2D eigenvalue weighted by Crippen LogP contribution is -2.49. The number of carbonyl (C=O) groups is 1. The molecule has 2 aromatic heterocycles. The van der Waals surface area contributed by atoms with Gasteiger partial charge < -0.3 is 25.0 Å². The second-order valence-corrected chi connectivity index (χ2v) is 8.82. The van der Waals surface area contributed by atoms with Crippen molar-refractivity contribution in [3.05, 3.63) is 54.7 Å². The predicted molar refractivity (Wildman–Crippen MR) is 139 cm³/mol. The number of hydrogen-bond acceptors (Lipinski definition) is 8. The van der Waals surface area contributed by atoms with Crippen LogP contribution in [0.3, 0.4) is 0 Å². The number of hydrogen-bond donors (Lipinski definition) is 3. The van der Waals surface area contributed by atoms with Crippen molar-refractivity contribution in [1.29, 1.82) is 0 Å². The van der Waals surface area contributed by atoms with Crippen molar-refractivity contribution in [1.82, 2.24) is 20.2 Å². The normalized spacial score (nSPS) is 14.8. The van der Waals surface area contributed by atoms with Gasteiger partial charge in [0.2, 0.25) is 11.9 Å². The fourth-order valence-corrected chi connectivity index (χ4v) is 3.78. The Bertz CT molecular complexity index is 1370. The highest BCUT2D eigenvalue weighted by Gasteiger charge is 2.30. The molecule has 4 aromatic rings. The SMILES string of the molecule is COc1ccc(NC(=O)C2CC2)cc1.COc1cnc(N2CC(F)C2)nc1Nc1n[nH]c2ccccc12. The highest BCUT2D eigenvalue weighted by Crippen LogP contribution is 2.31. The van der Waals surface area contributed by atoms with Crippen LogP contribution in [0.15, 0.2) is 54.7 Å². The molecule has 37 heavy (non-hydrogen) atoms. The topological polar surface area (TPSA) is 117 Å². The molecule has 2 aromatic carbocycles. The molecule has 6 rings (SSSR count). The number of ether oxygens (including phenoxy) is 2. The summed E-state index contributed by atoms with van der Waals surface area (Å²) in [4.78, 5) is 21.8. The number of aromatic nitrogens is 4. The zero-order valence-corrected chi connectivity index (χ0v) is 20.6. The number of fused-ring (bicyclic) bond motifs is 1.